The largest absolute Gasteiger partial charge is 0.492 e. The molecule has 20 heavy (non-hydrogen) atoms. The Morgan fingerprint density at radius 3 is 2.60 bits per heavy atom. The molecule has 0 radical (unpaired) electrons. The zero-order chi connectivity index (χ0) is 14.6. The summed E-state index contributed by atoms with van der Waals surface area (Å²) in [5, 5.41) is 5.30. The summed E-state index contributed by atoms with van der Waals surface area (Å²) in [5.41, 5.74) is 0. The van der Waals surface area contributed by atoms with Gasteiger partial charge in [-0.25, -0.2) is 13.6 Å². The summed E-state index contributed by atoms with van der Waals surface area (Å²) in [7, 11) is -3.72. The zero-order valence-corrected chi connectivity index (χ0v) is 12.8. The molecule has 1 heterocycles. The number of nitrogens with two attached hydrogens (primary N) is 1. The Hall–Kier alpha value is -0.820. The number of primary sulfonamides is 1. The fourth-order valence-corrected chi connectivity index (χ4v) is 3.09. The molecule has 2 N–H and O–H groups in total. The molecule has 1 fully saturated rings. The fourth-order valence-electron chi connectivity index (χ4n) is 2.25. The van der Waals surface area contributed by atoms with Crippen molar-refractivity contribution in [3.05, 3.63) is 23.2 Å². The van der Waals surface area contributed by atoms with Gasteiger partial charge in [0.2, 0.25) is 10.0 Å². The van der Waals surface area contributed by atoms with E-state index in [4.69, 9.17) is 21.5 Å². The van der Waals surface area contributed by atoms with Gasteiger partial charge in [-0.1, -0.05) is 11.6 Å². The molecule has 0 aromatic heterocycles. The van der Waals surface area contributed by atoms with Gasteiger partial charge in [-0.05, 0) is 50.6 Å². The fraction of sp³-hybridized carbons (Fsp3) is 0.538. The van der Waals surface area contributed by atoms with Crippen LogP contribution in [0.1, 0.15) is 19.3 Å². The monoisotopic (exact) mass is 318 g/mol. The first kappa shape index (κ1) is 15.6. The van der Waals surface area contributed by atoms with E-state index >= 15 is 0 Å². The van der Waals surface area contributed by atoms with Crippen molar-refractivity contribution in [2.24, 2.45) is 5.14 Å². The van der Waals surface area contributed by atoms with Crippen molar-refractivity contribution in [3.8, 4) is 5.75 Å². The van der Waals surface area contributed by atoms with E-state index in [0.29, 0.717) is 12.4 Å². The summed E-state index contributed by atoms with van der Waals surface area (Å²) in [6, 6.07) is 4.25. The minimum Gasteiger partial charge on any atom is -0.492 e. The average molecular weight is 319 g/mol. The van der Waals surface area contributed by atoms with E-state index in [9.17, 15) is 8.42 Å². The molecule has 0 atom stereocenters. The van der Waals surface area contributed by atoms with Crippen LogP contribution in [0, 0.1) is 0 Å². The molecular formula is C13H19ClN2O3S. The quantitative estimate of drug-likeness (QED) is 0.812. The number of nitrogens with zero attached hydrogens (tertiary/aromatic N) is 1. The van der Waals surface area contributed by atoms with Crippen LogP contribution in [0.2, 0.25) is 5.02 Å². The van der Waals surface area contributed by atoms with Gasteiger partial charge in [0.15, 0.2) is 0 Å². The molecule has 0 aliphatic carbocycles. The van der Waals surface area contributed by atoms with Crippen molar-refractivity contribution in [2.45, 2.75) is 24.2 Å². The first-order chi connectivity index (χ1) is 9.47. The summed E-state index contributed by atoms with van der Waals surface area (Å²) >= 11 is 5.99. The minimum atomic E-state index is -3.72. The summed E-state index contributed by atoms with van der Waals surface area (Å²) < 4.78 is 27.9. The maximum Gasteiger partial charge on any atom is 0.238 e. The molecule has 1 aromatic carbocycles. The van der Waals surface area contributed by atoms with Crippen molar-refractivity contribution in [1.29, 1.82) is 0 Å². The zero-order valence-electron chi connectivity index (χ0n) is 11.2. The van der Waals surface area contributed by atoms with Crippen LogP contribution in [0.5, 0.6) is 5.75 Å². The van der Waals surface area contributed by atoms with Crippen LogP contribution < -0.4 is 9.88 Å². The van der Waals surface area contributed by atoms with Crippen LogP contribution in [-0.2, 0) is 10.0 Å². The van der Waals surface area contributed by atoms with Crippen molar-refractivity contribution in [1.82, 2.24) is 4.90 Å². The molecule has 2 rings (SSSR count). The van der Waals surface area contributed by atoms with Crippen LogP contribution in [0.3, 0.4) is 0 Å². The number of rotatable bonds is 6. The maximum absolute atomic E-state index is 11.2. The topological polar surface area (TPSA) is 72.6 Å². The van der Waals surface area contributed by atoms with Gasteiger partial charge < -0.3 is 9.64 Å². The molecule has 112 valence electrons. The summed E-state index contributed by atoms with van der Waals surface area (Å²) in [5.74, 6) is 0.487. The third-order valence-electron chi connectivity index (χ3n) is 3.31. The SMILES string of the molecule is NS(=O)(=O)c1ccc(OCCCN2CCCC2)c(Cl)c1. The van der Waals surface area contributed by atoms with Gasteiger partial charge in [0, 0.05) is 6.54 Å². The smallest absolute Gasteiger partial charge is 0.238 e. The van der Waals surface area contributed by atoms with Gasteiger partial charge in [0.25, 0.3) is 0 Å². The number of halogens is 1. The normalized spacial score (nSPS) is 16.5. The van der Waals surface area contributed by atoms with Crippen LogP contribution in [0.4, 0.5) is 0 Å². The van der Waals surface area contributed by atoms with Crippen molar-refractivity contribution < 1.29 is 13.2 Å². The molecule has 1 saturated heterocycles. The predicted octanol–water partition coefficient (Wildman–Crippen LogP) is 1.85. The first-order valence-corrected chi connectivity index (χ1v) is 8.57. The maximum atomic E-state index is 11.2. The van der Waals surface area contributed by atoms with Crippen molar-refractivity contribution in [3.63, 3.8) is 0 Å². The van der Waals surface area contributed by atoms with Gasteiger partial charge >= 0.3 is 0 Å². The van der Waals surface area contributed by atoms with Crippen molar-refractivity contribution >= 4 is 21.6 Å². The van der Waals surface area contributed by atoms with Gasteiger partial charge in [-0.3, -0.25) is 0 Å². The van der Waals surface area contributed by atoms with E-state index < -0.39 is 10.0 Å². The number of hydrogen-bond donors (Lipinski definition) is 1. The molecule has 1 aromatic rings. The lowest BCUT2D eigenvalue weighted by molar-refractivity contribution is 0.263. The number of benzene rings is 1. The molecule has 0 unspecified atom stereocenters. The second-order valence-electron chi connectivity index (χ2n) is 4.89. The molecule has 5 nitrogen and oxygen atoms in total. The number of ether oxygens (including phenoxy) is 1. The molecule has 0 spiro atoms. The number of likely N-dealkylation sites (tertiary alicyclic amines) is 1. The van der Waals surface area contributed by atoms with Crippen LogP contribution in [0.15, 0.2) is 23.1 Å². The molecule has 1 aliphatic rings. The predicted molar refractivity (Wildman–Crippen MR) is 78.6 cm³/mol. The molecular weight excluding hydrogens is 300 g/mol. The highest BCUT2D eigenvalue weighted by Gasteiger charge is 2.12. The summed E-state index contributed by atoms with van der Waals surface area (Å²) in [6.45, 7) is 3.92. The van der Waals surface area contributed by atoms with E-state index in [1.807, 2.05) is 0 Å². The van der Waals surface area contributed by atoms with Crippen molar-refractivity contribution in [2.75, 3.05) is 26.2 Å². The minimum absolute atomic E-state index is 0.00748. The molecule has 0 saturated carbocycles. The Labute approximate surface area is 124 Å². The molecule has 7 heteroatoms. The number of hydrogen-bond acceptors (Lipinski definition) is 4. The standard InChI is InChI=1S/C13H19ClN2O3S/c14-12-10-11(20(15,17)18)4-5-13(12)19-9-3-8-16-6-1-2-7-16/h4-5,10H,1-3,6-9H2,(H2,15,17,18). The molecule has 1 aliphatic heterocycles. The number of sulfonamides is 1. The van der Waals surface area contributed by atoms with Gasteiger partial charge in [0.1, 0.15) is 5.75 Å². The van der Waals surface area contributed by atoms with Crippen LogP contribution >= 0.6 is 11.6 Å². The van der Waals surface area contributed by atoms with Crippen LogP contribution in [0.25, 0.3) is 0 Å². The Morgan fingerprint density at radius 2 is 2.00 bits per heavy atom. The summed E-state index contributed by atoms with van der Waals surface area (Å²) in [6.07, 6.45) is 3.48. The highest BCUT2D eigenvalue weighted by Crippen LogP contribution is 2.27. The van der Waals surface area contributed by atoms with E-state index in [1.54, 1.807) is 0 Å². The summed E-state index contributed by atoms with van der Waals surface area (Å²) in [4.78, 5) is 2.40. The Morgan fingerprint density at radius 1 is 1.30 bits per heavy atom. The Balaban J connectivity index is 1.83. The van der Waals surface area contributed by atoms with Gasteiger partial charge in [-0.2, -0.15) is 0 Å². The molecule has 0 bridgehead atoms. The molecule has 0 amide bonds. The second-order valence-corrected chi connectivity index (χ2v) is 6.86. The highest BCUT2D eigenvalue weighted by molar-refractivity contribution is 7.89. The average Bonchev–Trinajstić information content (AvgIpc) is 2.88. The van der Waals surface area contributed by atoms with Gasteiger partial charge in [0.05, 0.1) is 16.5 Å². The lowest BCUT2D eigenvalue weighted by atomic mass is 10.3. The van der Waals surface area contributed by atoms with E-state index in [2.05, 4.69) is 4.90 Å². The Kier molecular flexibility index (Phi) is 5.26. The van der Waals surface area contributed by atoms with E-state index in [-0.39, 0.29) is 9.92 Å². The highest BCUT2D eigenvalue weighted by atomic mass is 35.5. The van der Waals surface area contributed by atoms with E-state index in [0.717, 1.165) is 13.0 Å². The van der Waals surface area contributed by atoms with Gasteiger partial charge in [-0.15, -0.1) is 0 Å². The second kappa shape index (κ2) is 6.76. The van der Waals surface area contributed by atoms with Crippen LogP contribution in [-0.4, -0.2) is 39.6 Å². The van der Waals surface area contributed by atoms with E-state index in [1.165, 1.54) is 44.1 Å². The Bertz CT molecular complexity index is 557. The lowest BCUT2D eigenvalue weighted by Gasteiger charge is -2.14. The lowest BCUT2D eigenvalue weighted by Crippen LogP contribution is -2.21. The third-order valence-corrected chi connectivity index (χ3v) is 4.51. The first-order valence-electron chi connectivity index (χ1n) is 6.64. The third kappa shape index (κ3) is 4.34.